The zero-order valence-electron chi connectivity index (χ0n) is 15.7. The van der Waals surface area contributed by atoms with Crippen molar-refractivity contribution in [1.82, 2.24) is 15.2 Å². The summed E-state index contributed by atoms with van der Waals surface area (Å²) in [4.78, 5) is 30.9. The highest BCUT2D eigenvalue weighted by Crippen LogP contribution is 2.21. The lowest BCUT2D eigenvalue weighted by atomic mass is 10.0. The number of amides is 2. The van der Waals surface area contributed by atoms with Crippen molar-refractivity contribution in [3.63, 3.8) is 0 Å². The fourth-order valence-electron chi connectivity index (χ4n) is 3.12. The summed E-state index contributed by atoms with van der Waals surface area (Å²) in [6.07, 6.45) is 3.33. The molecule has 1 atom stereocenters. The molecule has 0 radical (unpaired) electrons. The van der Waals surface area contributed by atoms with Crippen LogP contribution >= 0.6 is 11.8 Å². The van der Waals surface area contributed by atoms with E-state index in [1.807, 2.05) is 18.2 Å². The minimum Gasteiger partial charge on any atom is -0.385 e. The van der Waals surface area contributed by atoms with Crippen molar-refractivity contribution in [3.05, 3.63) is 41.6 Å². The highest BCUT2D eigenvalue weighted by molar-refractivity contribution is 7.99. The molecule has 28 heavy (non-hydrogen) atoms. The number of aryl methyl sites for hydroxylation is 1. The molecule has 1 aliphatic rings. The number of thioether (sulfide) groups is 1. The number of ether oxygens (including phenoxy) is 1. The van der Waals surface area contributed by atoms with E-state index in [1.165, 1.54) is 16.7 Å². The molecule has 2 aromatic rings. The van der Waals surface area contributed by atoms with E-state index >= 15 is 0 Å². The first kappa shape index (κ1) is 20.1. The quantitative estimate of drug-likeness (QED) is 0.717. The van der Waals surface area contributed by atoms with Crippen LogP contribution in [-0.2, 0) is 16.0 Å². The number of carbonyl (C=O) groups is 2. The molecule has 3 rings (SSSR count). The van der Waals surface area contributed by atoms with Crippen molar-refractivity contribution in [1.29, 1.82) is 5.26 Å². The van der Waals surface area contributed by atoms with Gasteiger partial charge >= 0.3 is 0 Å². The zero-order chi connectivity index (χ0) is 19.9. The Morgan fingerprint density at radius 2 is 2.29 bits per heavy atom. The summed E-state index contributed by atoms with van der Waals surface area (Å²) in [5, 5.41) is 12.5. The number of methoxy groups -OCH3 is 1. The number of nitriles is 1. The lowest BCUT2D eigenvalue weighted by molar-refractivity contribution is -0.129. The minimum absolute atomic E-state index is 0.130. The van der Waals surface area contributed by atoms with Crippen LogP contribution in [0.5, 0.6) is 0 Å². The third-order valence-corrected chi connectivity index (χ3v) is 5.63. The largest absolute Gasteiger partial charge is 0.385 e. The van der Waals surface area contributed by atoms with Crippen LogP contribution in [0.15, 0.2) is 30.5 Å². The predicted octanol–water partition coefficient (Wildman–Crippen LogP) is 1.97. The van der Waals surface area contributed by atoms with Crippen LogP contribution in [0.1, 0.15) is 22.3 Å². The maximum atomic E-state index is 12.7. The number of nitrogens with one attached hydrogen (secondary N) is 1. The topological polar surface area (TPSA) is 95.3 Å². The van der Waals surface area contributed by atoms with Gasteiger partial charge in [0.15, 0.2) is 0 Å². The molecule has 146 valence electrons. The smallest absolute Gasteiger partial charge is 0.252 e. The molecule has 0 bridgehead atoms. The van der Waals surface area contributed by atoms with E-state index in [-0.39, 0.29) is 18.4 Å². The Morgan fingerprint density at radius 3 is 3.07 bits per heavy atom. The van der Waals surface area contributed by atoms with Gasteiger partial charge in [0.05, 0.1) is 29.6 Å². The van der Waals surface area contributed by atoms with Crippen molar-refractivity contribution in [2.75, 3.05) is 31.9 Å². The number of hydrogen-bond donors (Lipinski definition) is 1. The summed E-state index contributed by atoms with van der Waals surface area (Å²) in [5.41, 5.74) is 2.32. The first-order valence-electron chi connectivity index (χ1n) is 9.05. The first-order valence-corrected chi connectivity index (χ1v) is 10.2. The minimum atomic E-state index is -0.425. The molecule has 2 amide bonds. The molecule has 7 nitrogen and oxygen atoms in total. The number of fused-ring (bicyclic) bond motifs is 1. The molecule has 0 spiro atoms. The molecule has 1 N–H and O–H groups in total. The third kappa shape index (κ3) is 4.61. The molecular formula is C20H22N4O3S. The van der Waals surface area contributed by atoms with Gasteiger partial charge < -0.3 is 15.0 Å². The van der Waals surface area contributed by atoms with Crippen molar-refractivity contribution < 1.29 is 14.3 Å². The van der Waals surface area contributed by atoms with E-state index in [2.05, 4.69) is 16.4 Å². The Kier molecular flexibility index (Phi) is 6.85. The number of aromatic nitrogens is 1. The third-order valence-electron chi connectivity index (χ3n) is 4.62. The van der Waals surface area contributed by atoms with Crippen molar-refractivity contribution in [2.45, 2.75) is 18.9 Å². The Labute approximate surface area is 168 Å². The fraction of sp³-hybridized carbons (Fsp3) is 0.400. The highest BCUT2D eigenvalue weighted by Gasteiger charge is 2.29. The standard InChI is InChI=1S/C20H22N4O3S/c1-27-8-2-3-14-4-5-18-17(9-14)16(6-7-22-18)20(26)23-11-19(25)24-13-28-12-15(24)10-21/h4-7,9,15H,2-3,8,11-13H2,1H3,(H,23,26). The van der Waals surface area contributed by atoms with Crippen LogP contribution in [0.25, 0.3) is 10.9 Å². The number of benzene rings is 1. The molecule has 1 unspecified atom stereocenters. The zero-order valence-corrected chi connectivity index (χ0v) is 16.5. The van der Waals surface area contributed by atoms with E-state index < -0.39 is 6.04 Å². The second-order valence-corrected chi connectivity index (χ2v) is 7.50. The van der Waals surface area contributed by atoms with Gasteiger partial charge in [-0.15, -0.1) is 11.8 Å². The van der Waals surface area contributed by atoms with Gasteiger partial charge in [0.25, 0.3) is 5.91 Å². The number of hydrogen-bond acceptors (Lipinski definition) is 6. The van der Waals surface area contributed by atoms with Gasteiger partial charge in [-0.3, -0.25) is 14.6 Å². The van der Waals surface area contributed by atoms with Gasteiger partial charge in [0.1, 0.15) is 6.04 Å². The normalized spacial score (nSPS) is 16.1. The van der Waals surface area contributed by atoms with Gasteiger partial charge in [-0.2, -0.15) is 5.26 Å². The summed E-state index contributed by atoms with van der Waals surface area (Å²) >= 11 is 1.54. The van der Waals surface area contributed by atoms with E-state index in [9.17, 15) is 9.59 Å². The Bertz CT molecular complexity index is 912. The monoisotopic (exact) mass is 398 g/mol. The Morgan fingerprint density at radius 1 is 1.43 bits per heavy atom. The lowest BCUT2D eigenvalue weighted by Gasteiger charge is -2.18. The lowest BCUT2D eigenvalue weighted by Crippen LogP contribution is -2.42. The van der Waals surface area contributed by atoms with E-state index in [1.54, 1.807) is 19.4 Å². The number of carbonyl (C=O) groups excluding carboxylic acids is 2. The highest BCUT2D eigenvalue weighted by atomic mass is 32.2. The average molecular weight is 398 g/mol. The molecule has 8 heteroatoms. The van der Waals surface area contributed by atoms with Crippen molar-refractivity contribution in [3.8, 4) is 6.07 Å². The number of nitrogens with zero attached hydrogens (tertiary/aromatic N) is 3. The molecule has 1 aromatic heterocycles. The van der Waals surface area contributed by atoms with Crippen LogP contribution in [0.3, 0.4) is 0 Å². The van der Waals surface area contributed by atoms with Crippen molar-refractivity contribution >= 4 is 34.5 Å². The average Bonchev–Trinajstić information content (AvgIpc) is 3.20. The van der Waals surface area contributed by atoms with Gasteiger partial charge in [-0.25, -0.2) is 0 Å². The molecule has 2 heterocycles. The molecule has 0 saturated carbocycles. The molecule has 0 aliphatic carbocycles. The molecule has 1 aromatic carbocycles. The molecular weight excluding hydrogens is 376 g/mol. The van der Waals surface area contributed by atoms with Crippen LogP contribution in [0, 0.1) is 11.3 Å². The van der Waals surface area contributed by atoms with Gasteiger partial charge in [-0.05, 0) is 36.6 Å². The second-order valence-electron chi connectivity index (χ2n) is 6.50. The second kappa shape index (κ2) is 9.53. The van der Waals surface area contributed by atoms with Gasteiger partial charge in [0, 0.05) is 31.1 Å². The summed E-state index contributed by atoms with van der Waals surface area (Å²) < 4.78 is 5.09. The van der Waals surface area contributed by atoms with E-state index in [4.69, 9.17) is 10.00 Å². The summed E-state index contributed by atoms with van der Waals surface area (Å²) in [6, 6.07) is 9.23. The van der Waals surface area contributed by atoms with E-state index in [0.29, 0.717) is 23.8 Å². The predicted molar refractivity (Wildman–Crippen MR) is 108 cm³/mol. The van der Waals surface area contributed by atoms with Gasteiger partial charge in [0.2, 0.25) is 5.91 Å². The van der Waals surface area contributed by atoms with Crippen LogP contribution in [-0.4, -0.2) is 59.6 Å². The summed E-state index contributed by atoms with van der Waals surface area (Å²) in [5.74, 6) is 0.520. The van der Waals surface area contributed by atoms with Crippen molar-refractivity contribution in [2.24, 2.45) is 0 Å². The SMILES string of the molecule is COCCCc1ccc2nccc(C(=O)NCC(=O)N3CSCC3C#N)c2c1. The summed E-state index contributed by atoms with van der Waals surface area (Å²) in [7, 11) is 1.67. The van der Waals surface area contributed by atoms with Crippen LogP contribution in [0.2, 0.25) is 0 Å². The van der Waals surface area contributed by atoms with E-state index in [0.717, 1.165) is 29.3 Å². The number of pyridine rings is 1. The van der Waals surface area contributed by atoms with Crippen LogP contribution in [0.4, 0.5) is 0 Å². The first-order chi connectivity index (χ1) is 13.6. The molecule has 1 aliphatic heterocycles. The molecule has 1 fully saturated rings. The van der Waals surface area contributed by atoms with Gasteiger partial charge in [-0.1, -0.05) is 6.07 Å². The van der Waals surface area contributed by atoms with Crippen LogP contribution < -0.4 is 5.32 Å². The summed E-state index contributed by atoms with van der Waals surface area (Å²) in [6.45, 7) is 0.550. The maximum absolute atomic E-state index is 12.7. The molecule has 1 saturated heterocycles. The maximum Gasteiger partial charge on any atom is 0.252 e. The Balaban J connectivity index is 1.71. The fourth-order valence-corrected chi connectivity index (χ4v) is 4.22. The Hall–Kier alpha value is -2.63. The number of rotatable bonds is 7.